The van der Waals surface area contributed by atoms with Gasteiger partial charge in [0.1, 0.15) is 10.5 Å². The summed E-state index contributed by atoms with van der Waals surface area (Å²) in [6.07, 6.45) is 0. The molecule has 0 aliphatic rings. The van der Waals surface area contributed by atoms with Crippen molar-refractivity contribution in [2.45, 2.75) is 17.2 Å². The second-order valence-corrected chi connectivity index (χ2v) is 4.98. The average molecular weight is 278 g/mol. The Morgan fingerprint density at radius 3 is 2.78 bits per heavy atom. The molecule has 0 saturated carbocycles. The van der Waals surface area contributed by atoms with Crippen LogP contribution in [0.2, 0.25) is 5.28 Å². The SMILES string of the molecule is Cc1cc(Sc2nc3ccccc3o2)nc(Cl)n1. The van der Waals surface area contributed by atoms with E-state index in [0.717, 1.165) is 21.8 Å². The molecule has 3 aromatic rings. The summed E-state index contributed by atoms with van der Waals surface area (Å²) in [5, 5.41) is 1.50. The first-order valence-corrected chi connectivity index (χ1v) is 6.45. The van der Waals surface area contributed by atoms with Gasteiger partial charge in [-0.05, 0) is 48.5 Å². The molecule has 0 aliphatic heterocycles. The van der Waals surface area contributed by atoms with Crippen molar-refractivity contribution in [1.29, 1.82) is 0 Å². The molecule has 18 heavy (non-hydrogen) atoms. The summed E-state index contributed by atoms with van der Waals surface area (Å²) in [5.74, 6) is 0. The lowest BCUT2D eigenvalue weighted by molar-refractivity contribution is 0.489. The first-order valence-electron chi connectivity index (χ1n) is 5.25. The molecule has 1 aromatic carbocycles. The number of halogens is 1. The molecule has 0 aliphatic carbocycles. The summed E-state index contributed by atoms with van der Waals surface area (Å²) in [4.78, 5) is 12.5. The van der Waals surface area contributed by atoms with Gasteiger partial charge in [-0.3, -0.25) is 0 Å². The molecular formula is C12H8ClN3OS. The van der Waals surface area contributed by atoms with Crippen LogP contribution < -0.4 is 0 Å². The summed E-state index contributed by atoms with van der Waals surface area (Å²) in [7, 11) is 0. The van der Waals surface area contributed by atoms with Crippen molar-refractivity contribution in [1.82, 2.24) is 15.0 Å². The lowest BCUT2D eigenvalue weighted by Crippen LogP contribution is -1.88. The number of hydrogen-bond donors (Lipinski definition) is 0. The minimum atomic E-state index is 0.230. The van der Waals surface area contributed by atoms with Gasteiger partial charge >= 0.3 is 0 Å². The quantitative estimate of drug-likeness (QED) is 0.528. The Balaban J connectivity index is 1.96. The Labute approximate surface area is 112 Å². The molecule has 0 amide bonds. The molecule has 90 valence electrons. The highest BCUT2D eigenvalue weighted by Crippen LogP contribution is 2.29. The molecule has 0 spiro atoms. The number of para-hydroxylation sites is 2. The monoisotopic (exact) mass is 277 g/mol. The summed E-state index contributed by atoms with van der Waals surface area (Å²) >= 11 is 7.14. The third-order valence-corrected chi connectivity index (χ3v) is 3.21. The lowest BCUT2D eigenvalue weighted by Gasteiger charge is -1.98. The Bertz CT molecular complexity index is 660. The molecule has 0 fully saturated rings. The zero-order chi connectivity index (χ0) is 12.5. The zero-order valence-electron chi connectivity index (χ0n) is 9.42. The van der Waals surface area contributed by atoms with E-state index in [9.17, 15) is 0 Å². The van der Waals surface area contributed by atoms with E-state index in [-0.39, 0.29) is 5.28 Å². The van der Waals surface area contributed by atoms with Gasteiger partial charge in [0.25, 0.3) is 5.22 Å². The van der Waals surface area contributed by atoms with Gasteiger partial charge in [0, 0.05) is 5.69 Å². The first kappa shape index (κ1) is 11.5. The predicted molar refractivity (Wildman–Crippen MR) is 69.9 cm³/mol. The normalized spacial score (nSPS) is 11.0. The predicted octanol–water partition coefficient (Wildman–Crippen LogP) is 3.73. The molecule has 0 N–H and O–H groups in total. The van der Waals surface area contributed by atoms with Crippen LogP contribution >= 0.6 is 23.4 Å². The fraction of sp³-hybridized carbons (Fsp3) is 0.0833. The van der Waals surface area contributed by atoms with Crippen molar-refractivity contribution < 1.29 is 4.42 Å². The van der Waals surface area contributed by atoms with E-state index in [4.69, 9.17) is 16.0 Å². The van der Waals surface area contributed by atoms with Crippen LogP contribution in [0.1, 0.15) is 5.69 Å². The number of fused-ring (bicyclic) bond motifs is 1. The molecule has 2 aromatic heterocycles. The highest BCUT2D eigenvalue weighted by atomic mass is 35.5. The van der Waals surface area contributed by atoms with Crippen LogP contribution in [-0.2, 0) is 0 Å². The van der Waals surface area contributed by atoms with Gasteiger partial charge in [0.15, 0.2) is 5.58 Å². The number of aromatic nitrogens is 3. The largest absolute Gasteiger partial charge is 0.431 e. The van der Waals surface area contributed by atoms with Crippen molar-refractivity contribution in [3.8, 4) is 0 Å². The van der Waals surface area contributed by atoms with Gasteiger partial charge in [0.05, 0.1) is 0 Å². The zero-order valence-corrected chi connectivity index (χ0v) is 11.0. The van der Waals surface area contributed by atoms with Crippen LogP contribution in [0.15, 0.2) is 45.0 Å². The maximum Gasteiger partial charge on any atom is 0.263 e. The van der Waals surface area contributed by atoms with Crippen LogP contribution in [-0.4, -0.2) is 15.0 Å². The van der Waals surface area contributed by atoms with Crippen LogP contribution in [0, 0.1) is 6.92 Å². The van der Waals surface area contributed by atoms with Crippen LogP contribution in [0.5, 0.6) is 0 Å². The van der Waals surface area contributed by atoms with Gasteiger partial charge in [-0.1, -0.05) is 12.1 Å². The molecule has 0 atom stereocenters. The molecular weight excluding hydrogens is 270 g/mol. The molecule has 0 unspecified atom stereocenters. The Hall–Kier alpha value is -1.59. The van der Waals surface area contributed by atoms with E-state index in [1.807, 2.05) is 37.3 Å². The fourth-order valence-electron chi connectivity index (χ4n) is 1.54. The van der Waals surface area contributed by atoms with E-state index in [2.05, 4.69) is 15.0 Å². The third kappa shape index (κ3) is 2.32. The number of rotatable bonds is 2. The van der Waals surface area contributed by atoms with Gasteiger partial charge in [-0.15, -0.1) is 0 Å². The smallest absolute Gasteiger partial charge is 0.263 e. The number of hydrogen-bond acceptors (Lipinski definition) is 5. The second-order valence-electron chi connectivity index (χ2n) is 3.67. The van der Waals surface area contributed by atoms with E-state index < -0.39 is 0 Å². The van der Waals surface area contributed by atoms with Gasteiger partial charge < -0.3 is 4.42 Å². The van der Waals surface area contributed by atoms with E-state index >= 15 is 0 Å². The van der Waals surface area contributed by atoms with E-state index in [1.165, 1.54) is 11.8 Å². The van der Waals surface area contributed by atoms with Crippen molar-refractivity contribution >= 4 is 34.5 Å². The van der Waals surface area contributed by atoms with Gasteiger partial charge in [-0.25, -0.2) is 15.0 Å². The molecule has 0 saturated heterocycles. The van der Waals surface area contributed by atoms with Crippen molar-refractivity contribution in [3.63, 3.8) is 0 Å². The summed E-state index contributed by atoms with van der Waals surface area (Å²) in [6.45, 7) is 1.86. The highest BCUT2D eigenvalue weighted by molar-refractivity contribution is 7.99. The number of oxazole rings is 1. The number of benzene rings is 1. The fourth-order valence-corrected chi connectivity index (χ4v) is 2.63. The maximum atomic E-state index is 5.81. The van der Waals surface area contributed by atoms with Crippen LogP contribution in [0.4, 0.5) is 0 Å². The number of aryl methyl sites for hydroxylation is 1. The molecule has 0 bridgehead atoms. The minimum absolute atomic E-state index is 0.230. The molecule has 4 nitrogen and oxygen atoms in total. The Morgan fingerprint density at radius 2 is 2.00 bits per heavy atom. The maximum absolute atomic E-state index is 5.81. The summed E-state index contributed by atoms with van der Waals surface area (Å²) in [6, 6.07) is 9.45. The van der Waals surface area contributed by atoms with Crippen LogP contribution in [0.3, 0.4) is 0 Å². The van der Waals surface area contributed by atoms with Crippen LogP contribution in [0.25, 0.3) is 11.1 Å². The van der Waals surface area contributed by atoms with Gasteiger partial charge in [0.2, 0.25) is 5.28 Å². The minimum Gasteiger partial charge on any atom is -0.431 e. The molecule has 6 heteroatoms. The van der Waals surface area contributed by atoms with Crippen molar-refractivity contribution in [2.75, 3.05) is 0 Å². The summed E-state index contributed by atoms with van der Waals surface area (Å²) in [5.41, 5.74) is 2.40. The first-order chi connectivity index (χ1) is 8.70. The van der Waals surface area contributed by atoms with E-state index in [0.29, 0.717) is 5.22 Å². The van der Waals surface area contributed by atoms with E-state index in [1.54, 1.807) is 0 Å². The summed E-state index contributed by atoms with van der Waals surface area (Å²) < 4.78 is 5.60. The Morgan fingerprint density at radius 1 is 1.17 bits per heavy atom. The molecule has 3 rings (SSSR count). The van der Waals surface area contributed by atoms with Crippen molar-refractivity contribution in [3.05, 3.63) is 41.3 Å². The molecule has 2 heterocycles. The van der Waals surface area contributed by atoms with Gasteiger partial charge in [-0.2, -0.15) is 0 Å². The number of nitrogens with zero attached hydrogens (tertiary/aromatic N) is 3. The van der Waals surface area contributed by atoms with Crippen molar-refractivity contribution in [2.24, 2.45) is 0 Å². The molecule has 0 radical (unpaired) electrons. The highest BCUT2D eigenvalue weighted by Gasteiger charge is 2.09. The topological polar surface area (TPSA) is 51.8 Å². The second kappa shape index (κ2) is 4.59. The lowest BCUT2D eigenvalue weighted by atomic mass is 10.3. The third-order valence-electron chi connectivity index (χ3n) is 2.27. The Kier molecular flexibility index (Phi) is 2.93. The average Bonchev–Trinajstić information content (AvgIpc) is 2.69. The standard InChI is InChI=1S/C12H8ClN3OS/c1-7-6-10(16-11(13)14-7)18-12-15-8-4-2-3-5-9(8)17-12/h2-6H,1H3.